The fraction of sp³-hybridized carbons (Fsp3) is 0.111. The highest BCUT2D eigenvalue weighted by Crippen LogP contribution is 2.47. The molecule has 6 aromatic carbocycles. The Morgan fingerprint density at radius 3 is 1.45 bits per heavy atom. The maximum Gasteiger partial charge on any atom is 0.0550 e. The largest absolute Gasteiger partial charge is 0.343 e. The number of anilines is 2. The predicted molar refractivity (Wildman–Crippen MR) is 166 cm³/mol. The number of fused-ring (bicyclic) bond motifs is 4. The van der Waals surface area contributed by atoms with Gasteiger partial charge in [0.1, 0.15) is 0 Å². The van der Waals surface area contributed by atoms with Crippen LogP contribution in [0.5, 0.6) is 0 Å². The Morgan fingerprint density at radius 1 is 0.500 bits per heavy atom. The minimum atomic E-state index is 1.28. The molecule has 0 saturated heterocycles. The van der Waals surface area contributed by atoms with Crippen molar-refractivity contribution in [3.63, 3.8) is 0 Å². The summed E-state index contributed by atoms with van der Waals surface area (Å²) in [7, 11) is 2.14. The molecule has 0 unspecified atom stereocenters. The van der Waals surface area contributed by atoms with Gasteiger partial charge in [0.25, 0.3) is 0 Å². The fourth-order valence-electron chi connectivity index (χ4n) is 5.47. The Bertz CT molecular complexity index is 1680. The van der Waals surface area contributed by atoms with Gasteiger partial charge in [-0.3, -0.25) is 0 Å². The molecule has 186 valence electrons. The Hall–Kier alpha value is -4.01. The molecule has 1 aliphatic heterocycles. The van der Waals surface area contributed by atoms with E-state index >= 15 is 0 Å². The number of rotatable bonds is 1. The van der Waals surface area contributed by atoms with Crippen molar-refractivity contribution in [2.45, 2.75) is 30.6 Å². The van der Waals surface area contributed by atoms with E-state index in [1.165, 1.54) is 70.5 Å². The molecule has 2 heteroatoms. The molecule has 38 heavy (non-hydrogen) atoms. The third-order valence-electron chi connectivity index (χ3n) is 7.44. The van der Waals surface area contributed by atoms with Gasteiger partial charge in [0, 0.05) is 16.8 Å². The summed E-state index contributed by atoms with van der Waals surface area (Å²) in [5.41, 5.74) is 9.23. The Labute approximate surface area is 229 Å². The van der Waals surface area contributed by atoms with E-state index in [2.05, 4.69) is 148 Å². The van der Waals surface area contributed by atoms with Gasteiger partial charge in [-0.15, -0.1) is 0 Å². The van der Waals surface area contributed by atoms with Crippen LogP contribution in [0.3, 0.4) is 0 Å². The average Bonchev–Trinajstić information content (AvgIpc) is 2.94. The summed E-state index contributed by atoms with van der Waals surface area (Å²) in [6.45, 7) is 6.51. The van der Waals surface area contributed by atoms with Crippen molar-refractivity contribution >= 4 is 44.7 Å². The van der Waals surface area contributed by atoms with Crippen LogP contribution in [0, 0.1) is 20.8 Å². The van der Waals surface area contributed by atoms with Crippen molar-refractivity contribution in [2.75, 3.05) is 11.9 Å². The van der Waals surface area contributed by atoms with Crippen LogP contribution in [0.15, 0.2) is 125 Å². The molecule has 0 aromatic heterocycles. The van der Waals surface area contributed by atoms with Gasteiger partial charge in [-0.05, 0) is 94.4 Å². The Kier molecular flexibility index (Phi) is 6.43. The second-order valence-electron chi connectivity index (χ2n) is 10.1. The molecule has 0 bridgehead atoms. The van der Waals surface area contributed by atoms with E-state index in [1.807, 2.05) is 11.8 Å². The molecular weight excluding hydrogens is 478 g/mol. The maximum atomic E-state index is 2.28. The van der Waals surface area contributed by atoms with Crippen LogP contribution < -0.4 is 4.90 Å². The molecular formula is C36H31NS. The number of aryl methyl sites for hydroxylation is 3. The van der Waals surface area contributed by atoms with Crippen molar-refractivity contribution in [3.8, 4) is 11.1 Å². The SMILES string of the molecule is Cc1c2ccccc2c(-c2ccccc2)c2ccccc12.Cc1ccc2c(c1)Sc1cc(C)ccc1N2C. The summed E-state index contributed by atoms with van der Waals surface area (Å²) in [5.74, 6) is 0. The highest BCUT2D eigenvalue weighted by atomic mass is 32.2. The van der Waals surface area contributed by atoms with Crippen molar-refractivity contribution < 1.29 is 0 Å². The van der Waals surface area contributed by atoms with Gasteiger partial charge in [0.05, 0.1) is 11.4 Å². The molecule has 1 nitrogen and oxygen atoms in total. The van der Waals surface area contributed by atoms with Crippen molar-refractivity contribution in [1.82, 2.24) is 0 Å². The summed E-state index contributed by atoms with van der Waals surface area (Å²) < 4.78 is 0. The molecule has 1 heterocycles. The van der Waals surface area contributed by atoms with Crippen LogP contribution in [-0.4, -0.2) is 7.05 Å². The zero-order valence-corrected chi connectivity index (χ0v) is 23.1. The smallest absolute Gasteiger partial charge is 0.0550 e. The second kappa shape index (κ2) is 10.0. The lowest BCUT2D eigenvalue weighted by Crippen LogP contribution is -2.14. The first-order valence-corrected chi connectivity index (χ1v) is 13.9. The third-order valence-corrected chi connectivity index (χ3v) is 8.53. The zero-order chi connectivity index (χ0) is 26.2. The van der Waals surface area contributed by atoms with Crippen LogP contribution >= 0.6 is 11.8 Å². The maximum absolute atomic E-state index is 2.28. The van der Waals surface area contributed by atoms with Gasteiger partial charge in [0.15, 0.2) is 0 Å². The summed E-state index contributed by atoms with van der Waals surface area (Å²) >= 11 is 1.87. The van der Waals surface area contributed by atoms with E-state index in [-0.39, 0.29) is 0 Å². The first-order chi connectivity index (χ1) is 18.5. The minimum absolute atomic E-state index is 1.28. The summed E-state index contributed by atoms with van der Waals surface area (Å²) in [4.78, 5) is 4.98. The van der Waals surface area contributed by atoms with Crippen LogP contribution in [0.1, 0.15) is 16.7 Å². The summed E-state index contributed by atoms with van der Waals surface area (Å²) in [5, 5.41) is 5.35. The van der Waals surface area contributed by atoms with Gasteiger partial charge < -0.3 is 4.90 Å². The van der Waals surface area contributed by atoms with Crippen LogP contribution in [0.2, 0.25) is 0 Å². The van der Waals surface area contributed by atoms with Crippen LogP contribution in [-0.2, 0) is 0 Å². The third kappa shape index (κ3) is 4.36. The average molecular weight is 510 g/mol. The number of benzene rings is 6. The molecule has 0 N–H and O–H groups in total. The monoisotopic (exact) mass is 509 g/mol. The molecule has 1 aliphatic rings. The summed E-state index contributed by atoms with van der Waals surface area (Å²) in [6, 6.07) is 41.4. The highest BCUT2D eigenvalue weighted by Gasteiger charge is 2.20. The van der Waals surface area contributed by atoms with E-state index < -0.39 is 0 Å². The molecule has 0 saturated carbocycles. The number of nitrogens with zero attached hydrogens (tertiary/aromatic N) is 1. The molecule has 0 fully saturated rings. The number of hydrogen-bond acceptors (Lipinski definition) is 2. The van der Waals surface area contributed by atoms with Crippen molar-refractivity contribution in [2.24, 2.45) is 0 Å². The fourth-order valence-corrected chi connectivity index (χ4v) is 6.82. The zero-order valence-electron chi connectivity index (χ0n) is 22.3. The van der Waals surface area contributed by atoms with E-state index in [1.54, 1.807) is 0 Å². The van der Waals surface area contributed by atoms with Gasteiger partial charge >= 0.3 is 0 Å². The molecule has 0 radical (unpaired) electrons. The van der Waals surface area contributed by atoms with Crippen LogP contribution in [0.25, 0.3) is 32.7 Å². The predicted octanol–water partition coefficient (Wildman–Crippen LogP) is 10.5. The molecule has 0 amide bonds. The lowest BCUT2D eigenvalue weighted by Gasteiger charge is -2.29. The highest BCUT2D eigenvalue weighted by molar-refractivity contribution is 7.99. The van der Waals surface area contributed by atoms with Gasteiger partial charge in [-0.2, -0.15) is 0 Å². The molecule has 0 spiro atoms. The van der Waals surface area contributed by atoms with Crippen LogP contribution in [0.4, 0.5) is 11.4 Å². The first-order valence-electron chi connectivity index (χ1n) is 13.1. The molecule has 7 rings (SSSR count). The van der Waals surface area contributed by atoms with Gasteiger partial charge in [-0.25, -0.2) is 0 Å². The lowest BCUT2D eigenvalue weighted by molar-refractivity contribution is 1.10. The topological polar surface area (TPSA) is 3.24 Å². The van der Waals surface area contributed by atoms with E-state index in [0.29, 0.717) is 0 Å². The molecule has 0 aliphatic carbocycles. The molecule has 6 aromatic rings. The van der Waals surface area contributed by atoms with E-state index in [0.717, 1.165) is 0 Å². The molecule has 0 atom stereocenters. The normalized spacial score (nSPS) is 12.1. The van der Waals surface area contributed by atoms with E-state index in [4.69, 9.17) is 0 Å². The van der Waals surface area contributed by atoms with E-state index in [9.17, 15) is 0 Å². The second-order valence-corrected chi connectivity index (χ2v) is 11.1. The van der Waals surface area contributed by atoms with Gasteiger partial charge in [-0.1, -0.05) is 103 Å². The Morgan fingerprint density at radius 2 is 0.947 bits per heavy atom. The summed E-state index contributed by atoms with van der Waals surface area (Å²) in [6.07, 6.45) is 0. The lowest BCUT2D eigenvalue weighted by atomic mass is 9.89. The minimum Gasteiger partial charge on any atom is -0.343 e. The number of hydrogen-bond donors (Lipinski definition) is 0. The Balaban J connectivity index is 0.000000142. The quantitative estimate of drug-likeness (QED) is 0.203. The van der Waals surface area contributed by atoms with Crippen molar-refractivity contribution in [3.05, 3.63) is 132 Å². The standard InChI is InChI=1S/C21H16.C15H15NS/c1-15-17-11-5-7-13-19(17)21(16-9-3-2-4-10-16)20-14-8-6-12-18(15)20;1-10-4-6-12-14(8-10)17-15-9-11(2)5-7-13(15)16(12)3/h2-14H,1H3;4-9H,1-3H3. The van der Waals surface area contributed by atoms with Gasteiger partial charge in [0.2, 0.25) is 0 Å². The van der Waals surface area contributed by atoms with Crippen molar-refractivity contribution in [1.29, 1.82) is 0 Å². The first kappa shape index (κ1) is 24.3.